The largest absolute Gasteiger partial charge is 0.494 e. The molecular weight excluding hydrogens is 258 g/mol. The Hall–Kier alpha value is -2.11. The van der Waals surface area contributed by atoms with Crippen LogP contribution in [-0.2, 0) is 4.79 Å². The number of aliphatic carboxylic acids is 1. The standard InChI is InChI=1S/C14H19N3O3/c1-3-5-14(12(18)19)6-4-7-17(10-14)13-15-8-11(20-2)9-16-13/h3,8-9H,1,4-7,10H2,2H3,(H,18,19). The van der Waals surface area contributed by atoms with Crippen molar-refractivity contribution >= 4 is 11.9 Å². The number of rotatable bonds is 5. The van der Waals surface area contributed by atoms with E-state index in [9.17, 15) is 9.90 Å². The molecule has 0 saturated carbocycles. The van der Waals surface area contributed by atoms with Gasteiger partial charge >= 0.3 is 5.97 Å². The minimum absolute atomic E-state index is 0.403. The van der Waals surface area contributed by atoms with Crippen LogP contribution < -0.4 is 9.64 Å². The Morgan fingerprint density at radius 3 is 2.85 bits per heavy atom. The predicted molar refractivity (Wildman–Crippen MR) is 74.9 cm³/mol. The molecule has 0 amide bonds. The van der Waals surface area contributed by atoms with Crippen LogP contribution in [0.4, 0.5) is 5.95 Å². The summed E-state index contributed by atoms with van der Waals surface area (Å²) in [7, 11) is 1.55. The smallest absolute Gasteiger partial charge is 0.311 e. The first-order valence-corrected chi connectivity index (χ1v) is 6.56. The van der Waals surface area contributed by atoms with E-state index in [-0.39, 0.29) is 0 Å². The zero-order valence-corrected chi connectivity index (χ0v) is 11.6. The molecular formula is C14H19N3O3. The van der Waals surface area contributed by atoms with E-state index in [4.69, 9.17) is 4.74 Å². The van der Waals surface area contributed by atoms with E-state index in [2.05, 4.69) is 16.5 Å². The molecule has 1 aliphatic rings. The third-order valence-corrected chi connectivity index (χ3v) is 3.70. The number of ether oxygens (including phenoxy) is 1. The fourth-order valence-electron chi connectivity index (χ4n) is 2.59. The monoisotopic (exact) mass is 277 g/mol. The van der Waals surface area contributed by atoms with Gasteiger partial charge in [-0.25, -0.2) is 9.97 Å². The quantitative estimate of drug-likeness (QED) is 0.826. The average Bonchev–Trinajstić information content (AvgIpc) is 2.48. The van der Waals surface area contributed by atoms with Gasteiger partial charge in [0, 0.05) is 13.1 Å². The maximum Gasteiger partial charge on any atom is 0.311 e. The molecule has 0 radical (unpaired) electrons. The highest BCUT2D eigenvalue weighted by Gasteiger charge is 2.42. The van der Waals surface area contributed by atoms with Crippen molar-refractivity contribution in [1.29, 1.82) is 0 Å². The molecule has 1 aromatic heterocycles. The SMILES string of the molecule is C=CCC1(C(=O)O)CCCN(c2ncc(OC)cn2)C1. The number of piperidine rings is 1. The van der Waals surface area contributed by atoms with E-state index in [0.717, 1.165) is 13.0 Å². The molecule has 0 spiro atoms. The minimum atomic E-state index is -0.788. The van der Waals surface area contributed by atoms with Crippen LogP contribution >= 0.6 is 0 Å². The van der Waals surface area contributed by atoms with Gasteiger partial charge in [-0.1, -0.05) is 6.08 Å². The normalized spacial score (nSPS) is 22.4. The highest BCUT2D eigenvalue weighted by molar-refractivity contribution is 5.76. The van der Waals surface area contributed by atoms with E-state index in [1.54, 1.807) is 25.6 Å². The predicted octanol–water partition coefficient (Wildman–Crippen LogP) is 1.73. The number of hydrogen-bond acceptors (Lipinski definition) is 5. The van der Waals surface area contributed by atoms with Crippen LogP contribution in [0.3, 0.4) is 0 Å². The molecule has 0 aromatic carbocycles. The van der Waals surface area contributed by atoms with Crippen LogP contribution in [0.15, 0.2) is 25.0 Å². The molecule has 1 aromatic rings. The topological polar surface area (TPSA) is 75.5 Å². The molecule has 6 nitrogen and oxygen atoms in total. The van der Waals surface area contributed by atoms with Crippen molar-refractivity contribution in [3.05, 3.63) is 25.0 Å². The molecule has 0 aliphatic carbocycles. The summed E-state index contributed by atoms with van der Waals surface area (Å²) in [5.74, 6) is 0.345. The zero-order valence-electron chi connectivity index (χ0n) is 11.6. The van der Waals surface area contributed by atoms with E-state index in [1.807, 2.05) is 4.90 Å². The van der Waals surface area contributed by atoms with Gasteiger partial charge in [0.15, 0.2) is 5.75 Å². The molecule has 1 atom stereocenters. The van der Waals surface area contributed by atoms with Gasteiger partial charge in [-0.15, -0.1) is 6.58 Å². The van der Waals surface area contributed by atoms with Crippen molar-refractivity contribution in [3.63, 3.8) is 0 Å². The number of methoxy groups -OCH3 is 1. The molecule has 2 rings (SSSR count). The molecule has 1 fully saturated rings. The van der Waals surface area contributed by atoms with Gasteiger partial charge in [0.25, 0.3) is 0 Å². The van der Waals surface area contributed by atoms with E-state index in [0.29, 0.717) is 31.1 Å². The Labute approximate surface area is 118 Å². The molecule has 1 N–H and O–H groups in total. The van der Waals surface area contributed by atoms with Gasteiger partial charge in [-0.3, -0.25) is 4.79 Å². The molecule has 6 heteroatoms. The molecule has 20 heavy (non-hydrogen) atoms. The summed E-state index contributed by atoms with van der Waals surface area (Å²) in [5.41, 5.74) is -0.788. The Balaban J connectivity index is 2.20. The van der Waals surface area contributed by atoms with Crippen LogP contribution in [-0.4, -0.2) is 41.2 Å². The summed E-state index contributed by atoms with van der Waals surface area (Å²) in [4.78, 5) is 22.0. The Bertz CT molecular complexity index is 489. The highest BCUT2D eigenvalue weighted by Crippen LogP contribution is 2.35. The van der Waals surface area contributed by atoms with Crippen molar-refractivity contribution in [3.8, 4) is 5.75 Å². The molecule has 1 saturated heterocycles. The third kappa shape index (κ3) is 2.74. The second kappa shape index (κ2) is 5.90. The third-order valence-electron chi connectivity index (χ3n) is 3.70. The number of carbonyl (C=O) groups is 1. The second-order valence-corrected chi connectivity index (χ2v) is 5.03. The fraction of sp³-hybridized carbons (Fsp3) is 0.500. The second-order valence-electron chi connectivity index (χ2n) is 5.03. The lowest BCUT2D eigenvalue weighted by Crippen LogP contribution is -2.48. The van der Waals surface area contributed by atoms with Crippen LogP contribution in [0.5, 0.6) is 5.75 Å². The van der Waals surface area contributed by atoms with Crippen LogP contribution in [0.2, 0.25) is 0 Å². The first-order chi connectivity index (χ1) is 9.61. The molecule has 2 heterocycles. The molecule has 1 aliphatic heterocycles. The molecule has 1 unspecified atom stereocenters. The number of aromatic nitrogens is 2. The van der Waals surface area contributed by atoms with Gasteiger partial charge in [0.05, 0.1) is 24.9 Å². The van der Waals surface area contributed by atoms with Crippen LogP contribution in [0, 0.1) is 5.41 Å². The first-order valence-electron chi connectivity index (χ1n) is 6.56. The molecule has 0 bridgehead atoms. The Morgan fingerprint density at radius 2 is 2.30 bits per heavy atom. The summed E-state index contributed by atoms with van der Waals surface area (Å²) in [5, 5.41) is 9.53. The fourth-order valence-corrected chi connectivity index (χ4v) is 2.59. The summed E-state index contributed by atoms with van der Waals surface area (Å²) >= 11 is 0. The first kappa shape index (κ1) is 14.3. The molecule has 108 valence electrons. The number of carboxylic acids is 1. The number of anilines is 1. The van der Waals surface area contributed by atoms with Gasteiger partial charge in [-0.05, 0) is 19.3 Å². The lowest BCUT2D eigenvalue weighted by molar-refractivity contribution is -0.149. The van der Waals surface area contributed by atoms with Crippen molar-refractivity contribution < 1.29 is 14.6 Å². The van der Waals surface area contributed by atoms with Gasteiger partial charge in [0.1, 0.15) is 0 Å². The number of allylic oxidation sites excluding steroid dienone is 1. The maximum absolute atomic E-state index is 11.6. The minimum Gasteiger partial charge on any atom is -0.494 e. The van der Waals surface area contributed by atoms with Gasteiger partial charge in [0.2, 0.25) is 5.95 Å². The van der Waals surface area contributed by atoms with Crippen LogP contribution in [0.1, 0.15) is 19.3 Å². The van der Waals surface area contributed by atoms with E-state index in [1.165, 1.54) is 0 Å². The number of nitrogens with zero attached hydrogens (tertiary/aromatic N) is 3. The summed E-state index contributed by atoms with van der Waals surface area (Å²) in [6.07, 6.45) is 6.76. The van der Waals surface area contributed by atoms with Crippen molar-refractivity contribution in [2.75, 3.05) is 25.1 Å². The number of hydrogen-bond donors (Lipinski definition) is 1. The lowest BCUT2D eigenvalue weighted by atomic mass is 9.77. The van der Waals surface area contributed by atoms with Crippen molar-refractivity contribution in [2.24, 2.45) is 5.41 Å². The Morgan fingerprint density at radius 1 is 1.60 bits per heavy atom. The van der Waals surface area contributed by atoms with Gasteiger partial charge in [-0.2, -0.15) is 0 Å². The Kier molecular flexibility index (Phi) is 4.22. The lowest BCUT2D eigenvalue weighted by Gasteiger charge is -2.39. The summed E-state index contributed by atoms with van der Waals surface area (Å²) < 4.78 is 5.02. The average molecular weight is 277 g/mol. The summed E-state index contributed by atoms with van der Waals surface area (Å²) in [6.45, 7) is 4.84. The summed E-state index contributed by atoms with van der Waals surface area (Å²) in [6, 6.07) is 0. The number of carboxylic acid groups (broad SMARTS) is 1. The highest BCUT2D eigenvalue weighted by atomic mass is 16.5. The van der Waals surface area contributed by atoms with E-state index >= 15 is 0 Å². The van der Waals surface area contributed by atoms with E-state index < -0.39 is 11.4 Å². The van der Waals surface area contributed by atoms with Crippen molar-refractivity contribution in [2.45, 2.75) is 19.3 Å². The van der Waals surface area contributed by atoms with Crippen LogP contribution in [0.25, 0.3) is 0 Å². The van der Waals surface area contributed by atoms with Crippen molar-refractivity contribution in [1.82, 2.24) is 9.97 Å². The van der Waals surface area contributed by atoms with Gasteiger partial charge < -0.3 is 14.7 Å². The zero-order chi connectivity index (χ0) is 14.6. The maximum atomic E-state index is 11.6.